The molecule has 2 aliphatic rings. The first kappa shape index (κ1) is 21.2. The summed E-state index contributed by atoms with van der Waals surface area (Å²) in [4.78, 5) is 30.6. The summed E-state index contributed by atoms with van der Waals surface area (Å²) in [6.45, 7) is 0.914. The Morgan fingerprint density at radius 3 is 2.66 bits per heavy atom. The summed E-state index contributed by atoms with van der Waals surface area (Å²) >= 11 is 7.57. The third-order valence-corrected chi connectivity index (χ3v) is 6.97. The highest BCUT2D eigenvalue weighted by atomic mass is 35.5. The van der Waals surface area contributed by atoms with Crippen LogP contribution in [0.15, 0.2) is 46.3 Å². The molecule has 0 saturated heterocycles. The first-order valence-corrected chi connectivity index (χ1v) is 12.0. The van der Waals surface area contributed by atoms with Gasteiger partial charge in [-0.25, -0.2) is 4.98 Å². The Morgan fingerprint density at radius 2 is 1.88 bits per heavy atom. The number of anilines is 1. The van der Waals surface area contributed by atoms with Crippen molar-refractivity contribution < 1.29 is 14.3 Å². The van der Waals surface area contributed by atoms with E-state index in [0.717, 1.165) is 25.7 Å². The van der Waals surface area contributed by atoms with Crippen LogP contribution in [-0.2, 0) is 4.79 Å². The number of benzene rings is 2. The lowest BCUT2D eigenvalue weighted by Gasteiger charge is -2.20. The fraction of sp³-hybridized carbons (Fsp3) is 0.348. The minimum absolute atomic E-state index is 0.0414. The zero-order valence-electron chi connectivity index (χ0n) is 17.3. The fourth-order valence-corrected chi connectivity index (χ4v) is 5.26. The van der Waals surface area contributed by atoms with Gasteiger partial charge < -0.3 is 14.8 Å². The molecule has 0 spiro atoms. The predicted molar refractivity (Wildman–Crippen MR) is 125 cm³/mol. The number of para-hydroxylation sites is 1. The van der Waals surface area contributed by atoms with Crippen molar-refractivity contribution in [1.29, 1.82) is 0 Å². The number of nitrogens with one attached hydrogen (secondary N) is 1. The van der Waals surface area contributed by atoms with Gasteiger partial charge in [-0.3, -0.25) is 14.2 Å². The number of amides is 1. The lowest BCUT2D eigenvalue weighted by molar-refractivity contribution is -0.113. The molecular formula is C23H22ClN3O4S. The molecule has 166 valence electrons. The molecule has 1 aromatic heterocycles. The largest absolute Gasteiger partial charge is 0.486 e. The number of thioether (sulfide) groups is 1. The molecule has 1 fully saturated rings. The normalized spacial score (nSPS) is 15.8. The van der Waals surface area contributed by atoms with E-state index in [1.54, 1.807) is 22.8 Å². The maximum Gasteiger partial charge on any atom is 0.262 e. The van der Waals surface area contributed by atoms with Crippen molar-refractivity contribution in [3.8, 4) is 11.5 Å². The number of ether oxygens (including phenoxy) is 2. The smallest absolute Gasteiger partial charge is 0.262 e. The molecule has 0 bridgehead atoms. The number of halogens is 1. The molecule has 1 N–H and O–H groups in total. The Hall–Kier alpha value is -2.71. The summed E-state index contributed by atoms with van der Waals surface area (Å²) in [6.07, 6.45) is 4.09. The Morgan fingerprint density at radius 1 is 1.16 bits per heavy atom. The summed E-state index contributed by atoms with van der Waals surface area (Å²) in [5.41, 5.74) is 1.06. The standard InChI is InChI=1S/C23H22ClN3O4S/c24-16-11-19-20(31-10-9-30-19)12-18(16)25-21(28)13-32-23-26-17-8-4-3-7-15(17)22(29)27(23)14-5-1-2-6-14/h3-4,7-8,11-12,14H,1-2,5-6,9-10,13H2,(H,25,28). The van der Waals surface area contributed by atoms with E-state index in [1.807, 2.05) is 18.2 Å². The van der Waals surface area contributed by atoms with Crippen molar-refractivity contribution in [2.24, 2.45) is 0 Å². The van der Waals surface area contributed by atoms with Crippen LogP contribution in [0.4, 0.5) is 5.69 Å². The van der Waals surface area contributed by atoms with Crippen molar-refractivity contribution in [2.45, 2.75) is 36.9 Å². The van der Waals surface area contributed by atoms with Crippen molar-refractivity contribution in [1.82, 2.24) is 9.55 Å². The molecule has 32 heavy (non-hydrogen) atoms. The molecule has 0 atom stereocenters. The minimum Gasteiger partial charge on any atom is -0.486 e. The molecule has 1 saturated carbocycles. The summed E-state index contributed by atoms with van der Waals surface area (Å²) < 4.78 is 12.9. The molecule has 9 heteroatoms. The van der Waals surface area contributed by atoms with Gasteiger partial charge in [-0.15, -0.1) is 0 Å². The highest BCUT2D eigenvalue weighted by molar-refractivity contribution is 7.99. The second kappa shape index (κ2) is 9.03. The van der Waals surface area contributed by atoms with Crippen LogP contribution in [0, 0.1) is 0 Å². The monoisotopic (exact) mass is 471 g/mol. The number of aromatic nitrogens is 2. The Bertz CT molecular complexity index is 1240. The van der Waals surface area contributed by atoms with E-state index in [-0.39, 0.29) is 23.3 Å². The van der Waals surface area contributed by atoms with Crippen molar-refractivity contribution in [2.75, 3.05) is 24.3 Å². The average Bonchev–Trinajstić information content (AvgIpc) is 3.33. The number of hydrogen-bond donors (Lipinski definition) is 1. The second-order valence-electron chi connectivity index (χ2n) is 7.84. The molecule has 3 aromatic rings. The predicted octanol–water partition coefficient (Wildman–Crippen LogP) is 4.67. The van der Waals surface area contributed by atoms with E-state index in [1.165, 1.54) is 11.8 Å². The third kappa shape index (κ3) is 4.17. The van der Waals surface area contributed by atoms with Gasteiger partial charge in [0.1, 0.15) is 13.2 Å². The maximum absolute atomic E-state index is 13.2. The summed E-state index contributed by atoms with van der Waals surface area (Å²) in [5.74, 6) is 0.973. The van der Waals surface area contributed by atoms with Crippen LogP contribution >= 0.6 is 23.4 Å². The SMILES string of the molecule is O=C(CSc1nc2ccccc2c(=O)n1C1CCCC1)Nc1cc2c(cc1Cl)OCCO2. The molecule has 7 nitrogen and oxygen atoms in total. The van der Waals surface area contributed by atoms with Crippen LogP contribution in [-0.4, -0.2) is 34.4 Å². The molecule has 1 amide bonds. The molecule has 0 unspecified atom stereocenters. The number of carbonyl (C=O) groups excluding carboxylic acids is 1. The number of fused-ring (bicyclic) bond motifs is 2. The van der Waals surface area contributed by atoms with Crippen molar-refractivity contribution in [3.63, 3.8) is 0 Å². The lowest BCUT2D eigenvalue weighted by atomic mass is 10.2. The van der Waals surface area contributed by atoms with Crippen LogP contribution in [0.5, 0.6) is 11.5 Å². The van der Waals surface area contributed by atoms with E-state index in [0.29, 0.717) is 51.5 Å². The minimum atomic E-state index is -0.242. The number of hydrogen-bond acceptors (Lipinski definition) is 6. The topological polar surface area (TPSA) is 82.5 Å². The van der Waals surface area contributed by atoms with Crippen LogP contribution in [0.2, 0.25) is 5.02 Å². The highest BCUT2D eigenvalue weighted by Crippen LogP contribution is 2.38. The van der Waals surface area contributed by atoms with E-state index in [4.69, 9.17) is 26.1 Å². The van der Waals surface area contributed by atoms with Crippen LogP contribution in [0.25, 0.3) is 10.9 Å². The maximum atomic E-state index is 13.2. The summed E-state index contributed by atoms with van der Waals surface area (Å²) in [6, 6.07) is 10.8. The van der Waals surface area contributed by atoms with Gasteiger partial charge in [-0.1, -0.05) is 48.3 Å². The molecule has 5 rings (SSSR count). The molecular weight excluding hydrogens is 450 g/mol. The van der Waals surface area contributed by atoms with E-state index in [9.17, 15) is 9.59 Å². The zero-order valence-corrected chi connectivity index (χ0v) is 18.9. The summed E-state index contributed by atoms with van der Waals surface area (Å²) in [7, 11) is 0. The quantitative estimate of drug-likeness (QED) is 0.430. The molecule has 1 aliphatic carbocycles. The second-order valence-corrected chi connectivity index (χ2v) is 9.19. The Labute approximate surface area is 194 Å². The zero-order chi connectivity index (χ0) is 22.1. The first-order valence-electron chi connectivity index (χ1n) is 10.6. The van der Waals surface area contributed by atoms with Gasteiger partial charge in [0, 0.05) is 18.2 Å². The fourth-order valence-electron chi connectivity index (χ4n) is 4.19. The van der Waals surface area contributed by atoms with Gasteiger partial charge in [0.15, 0.2) is 16.7 Å². The van der Waals surface area contributed by atoms with Gasteiger partial charge in [-0.2, -0.15) is 0 Å². The number of carbonyl (C=O) groups is 1. The Kier molecular flexibility index (Phi) is 5.97. The Balaban J connectivity index is 1.37. The average molecular weight is 472 g/mol. The van der Waals surface area contributed by atoms with Gasteiger partial charge in [-0.05, 0) is 25.0 Å². The van der Waals surface area contributed by atoms with Crippen molar-refractivity contribution in [3.05, 3.63) is 51.8 Å². The number of nitrogens with zero attached hydrogens (tertiary/aromatic N) is 2. The first-order chi connectivity index (χ1) is 15.6. The van der Waals surface area contributed by atoms with E-state index in [2.05, 4.69) is 5.32 Å². The van der Waals surface area contributed by atoms with Crippen LogP contribution in [0.1, 0.15) is 31.7 Å². The highest BCUT2D eigenvalue weighted by Gasteiger charge is 2.24. The third-order valence-electron chi connectivity index (χ3n) is 5.70. The van der Waals surface area contributed by atoms with Gasteiger partial charge >= 0.3 is 0 Å². The van der Waals surface area contributed by atoms with Gasteiger partial charge in [0.25, 0.3) is 5.56 Å². The number of rotatable bonds is 5. The van der Waals surface area contributed by atoms with Crippen LogP contribution in [0.3, 0.4) is 0 Å². The molecule has 0 radical (unpaired) electrons. The molecule has 1 aliphatic heterocycles. The summed E-state index contributed by atoms with van der Waals surface area (Å²) in [5, 5.41) is 4.38. The van der Waals surface area contributed by atoms with Gasteiger partial charge in [0.2, 0.25) is 5.91 Å². The molecule has 2 heterocycles. The lowest BCUT2D eigenvalue weighted by Crippen LogP contribution is -2.27. The van der Waals surface area contributed by atoms with Gasteiger partial charge in [0.05, 0.1) is 27.4 Å². The van der Waals surface area contributed by atoms with E-state index >= 15 is 0 Å². The molecule has 2 aromatic carbocycles. The van der Waals surface area contributed by atoms with Crippen LogP contribution < -0.4 is 20.3 Å². The van der Waals surface area contributed by atoms with E-state index < -0.39 is 0 Å². The van der Waals surface area contributed by atoms with Crippen molar-refractivity contribution >= 4 is 45.9 Å².